The van der Waals surface area contributed by atoms with E-state index in [1.165, 1.54) is 5.57 Å². The average Bonchev–Trinajstić information content (AvgIpc) is 3.10. The predicted molar refractivity (Wildman–Crippen MR) is 94.6 cm³/mol. The maximum Gasteiger partial charge on any atom is 0.331 e. The van der Waals surface area contributed by atoms with Crippen molar-refractivity contribution < 1.29 is 14.3 Å². The largest absolute Gasteiger partial charge is 0.451 e. The standard InChI is InChI=1S/C22H26O3/c1-20-9-5-15(23)13-14(20)3-4-16-17(20)6-10-21(2)18(16)7-11-22(21)12-8-19(24)25-22/h6,8,12-13,16,18H,3-5,7,9-11H2,1-2H3. The molecule has 0 aromatic carbocycles. The highest BCUT2D eigenvalue weighted by Crippen LogP contribution is 2.67. The molecule has 3 heteroatoms. The summed E-state index contributed by atoms with van der Waals surface area (Å²) in [5, 5.41) is 0. The van der Waals surface area contributed by atoms with Crippen LogP contribution in [-0.4, -0.2) is 17.4 Å². The van der Waals surface area contributed by atoms with Crippen molar-refractivity contribution in [1.82, 2.24) is 0 Å². The summed E-state index contributed by atoms with van der Waals surface area (Å²) in [6.45, 7) is 4.69. The van der Waals surface area contributed by atoms with Gasteiger partial charge in [0, 0.05) is 23.3 Å². The molecule has 5 unspecified atom stereocenters. The molecule has 2 fully saturated rings. The summed E-state index contributed by atoms with van der Waals surface area (Å²) in [6.07, 6.45) is 14.9. The average molecular weight is 338 g/mol. The van der Waals surface area contributed by atoms with E-state index in [0.717, 1.165) is 38.5 Å². The molecule has 0 saturated heterocycles. The molecule has 0 N–H and O–H groups in total. The number of allylic oxidation sites excluding steroid dienone is 4. The number of hydrogen-bond donors (Lipinski definition) is 0. The van der Waals surface area contributed by atoms with Gasteiger partial charge in [0.25, 0.3) is 0 Å². The molecule has 0 amide bonds. The Morgan fingerprint density at radius 2 is 1.96 bits per heavy atom. The number of carbonyl (C=O) groups is 2. The van der Waals surface area contributed by atoms with Crippen molar-refractivity contribution in [2.75, 3.05) is 0 Å². The Kier molecular flexibility index (Phi) is 2.96. The van der Waals surface area contributed by atoms with Gasteiger partial charge in [-0.05, 0) is 62.5 Å². The van der Waals surface area contributed by atoms with E-state index in [9.17, 15) is 9.59 Å². The summed E-state index contributed by atoms with van der Waals surface area (Å²) in [6, 6.07) is 0. The van der Waals surface area contributed by atoms with Gasteiger partial charge in [-0.3, -0.25) is 4.79 Å². The molecule has 25 heavy (non-hydrogen) atoms. The molecule has 0 aromatic heterocycles. The highest BCUT2D eigenvalue weighted by molar-refractivity contribution is 5.92. The smallest absolute Gasteiger partial charge is 0.331 e. The van der Waals surface area contributed by atoms with Crippen molar-refractivity contribution in [3.05, 3.63) is 35.5 Å². The molecule has 3 nitrogen and oxygen atoms in total. The Morgan fingerprint density at radius 3 is 2.72 bits per heavy atom. The third-order valence-electron chi connectivity index (χ3n) is 8.29. The van der Waals surface area contributed by atoms with E-state index in [4.69, 9.17) is 4.74 Å². The molecule has 5 rings (SSSR count). The second-order valence-corrected chi connectivity index (χ2v) is 9.18. The highest BCUT2D eigenvalue weighted by atomic mass is 16.6. The molecule has 0 radical (unpaired) electrons. The minimum atomic E-state index is -0.393. The third-order valence-corrected chi connectivity index (χ3v) is 8.29. The number of ether oxygens (including phenoxy) is 1. The summed E-state index contributed by atoms with van der Waals surface area (Å²) in [5.74, 6) is 1.26. The molecule has 132 valence electrons. The second-order valence-electron chi connectivity index (χ2n) is 9.18. The molecule has 1 heterocycles. The van der Waals surface area contributed by atoms with Gasteiger partial charge in [0.2, 0.25) is 0 Å². The lowest BCUT2D eigenvalue weighted by atomic mass is 9.51. The Balaban J connectivity index is 1.57. The molecule has 5 aliphatic rings. The van der Waals surface area contributed by atoms with Crippen LogP contribution < -0.4 is 0 Å². The van der Waals surface area contributed by atoms with Gasteiger partial charge in [0.05, 0.1) is 0 Å². The fourth-order valence-corrected chi connectivity index (χ4v) is 6.78. The fraction of sp³-hybridized carbons (Fsp3) is 0.636. The molecular formula is C22H26O3. The minimum Gasteiger partial charge on any atom is -0.451 e. The van der Waals surface area contributed by atoms with Gasteiger partial charge in [0.1, 0.15) is 5.60 Å². The van der Waals surface area contributed by atoms with E-state index in [1.807, 2.05) is 12.2 Å². The highest BCUT2D eigenvalue weighted by Gasteiger charge is 2.64. The first kappa shape index (κ1) is 15.6. The van der Waals surface area contributed by atoms with Crippen LogP contribution in [0.15, 0.2) is 35.5 Å². The van der Waals surface area contributed by atoms with Crippen LogP contribution in [0.2, 0.25) is 0 Å². The van der Waals surface area contributed by atoms with Crippen LogP contribution in [-0.2, 0) is 14.3 Å². The molecule has 0 bridgehead atoms. The zero-order valence-electron chi connectivity index (χ0n) is 15.1. The Morgan fingerprint density at radius 1 is 1.12 bits per heavy atom. The number of fused-ring (bicyclic) bond motifs is 6. The van der Waals surface area contributed by atoms with Crippen LogP contribution in [0.3, 0.4) is 0 Å². The van der Waals surface area contributed by atoms with Gasteiger partial charge < -0.3 is 4.74 Å². The third kappa shape index (κ3) is 1.82. The number of ketones is 1. The van der Waals surface area contributed by atoms with Crippen molar-refractivity contribution in [2.24, 2.45) is 22.7 Å². The summed E-state index contributed by atoms with van der Waals surface area (Å²) < 4.78 is 5.87. The molecular weight excluding hydrogens is 312 g/mol. The van der Waals surface area contributed by atoms with Crippen LogP contribution in [0.1, 0.15) is 58.8 Å². The SMILES string of the molecule is CC12CCC(=O)C=C1CCC1C2=CCC2(C)C1CCC21C=CC(=O)O1. The number of carbonyl (C=O) groups excluding carboxylic acids is 2. The first-order valence-corrected chi connectivity index (χ1v) is 9.75. The Labute approximate surface area is 149 Å². The number of esters is 1. The van der Waals surface area contributed by atoms with Crippen molar-refractivity contribution >= 4 is 11.8 Å². The summed E-state index contributed by atoms with van der Waals surface area (Å²) >= 11 is 0. The van der Waals surface area contributed by atoms with E-state index >= 15 is 0 Å². The lowest BCUT2D eigenvalue weighted by Gasteiger charge is -2.54. The Hall–Kier alpha value is -1.64. The lowest BCUT2D eigenvalue weighted by Crippen LogP contribution is -2.50. The topological polar surface area (TPSA) is 43.4 Å². The van der Waals surface area contributed by atoms with Crippen LogP contribution >= 0.6 is 0 Å². The van der Waals surface area contributed by atoms with Crippen LogP contribution in [0, 0.1) is 22.7 Å². The summed E-state index contributed by atoms with van der Waals surface area (Å²) in [4.78, 5) is 23.7. The van der Waals surface area contributed by atoms with E-state index in [1.54, 1.807) is 11.6 Å². The van der Waals surface area contributed by atoms with Crippen LogP contribution in [0.5, 0.6) is 0 Å². The normalized spacial score (nSPS) is 47.8. The van der Waals surface area contributed by atoms with Crippen molar-refractivity contribution in [3.63, 3.8) is 0 Å². The Bertz CT molecular complexity index is 772. The van der Waals surface area contributed by atoms with Crippen molar-refractivity contribution in [1.29, 1.82) is 0 Å². The maximum atomic E-state index is 11.9. The van der Waals surface area contributed by atoms with E-state index in [0.29, 0.717) is 24.0 Å². The van der Waals surface area contributed by atoms with Gasteiger partial charge >= 0.3 is 5.97 Å². The monoisotopic (exact) mass is 338 g/mol. The zero-order valence-corrected chi connectivity index (χ0v) is 15.1. The van der Waals surface area contributed by atoms with Gasteiger partial charge in [-0.2, -0.15) is 0 Å². The predicted octanol–water partition coefficient (Wildman–Crippen LogP) is 4.29. The van der Waals surface area contributed by atoms with Crippen LogP contribution in [0.25, 0.3) is 0 Å². The van der Waals surface area contributed by atoms with Gasteiger partial charge in [-0.25, -0.2) is 4.79 Å². The molecule has 4 aliphatic carbocycles. The minimum absolute atomic E-state index is 0.00584. The van der Waals surface area contributed by atoms with Crippen LogP contribution in [0.4, 0.5) is 0 Å². The summed E-state index contributed by atoms with van der Waals surface area (Å²) in [7, 11) is 0. The molecule has 0 aromatic rings. The molecule has 1 spiro atoms. The lowest BCUT2D eigenvalue weighted by molar-refractivity contribution is -0.156. The van der Waals surface area contributed by atoms with Gasteiger partial charge in [-0.1, -0.05) is 31.1 Å². The zero-order chi connectivity index (χ0) is 17.4. The second kappa shape index (κ2) is 4.75. The number of rotatable bonds is 0. The fourth-order valence-electron chi connectivity index (χ4n) is 6.78. The quantitative estimate of drug-likeness (QED) is 0.489. The van der Waals surface area contributed by atoms with E-state index in [2.05, 4.69) is 19.9 Å². The first-order chi connectivity index (χ1) is 11.9. The molecule has 5 atom stereocenters. The first-order valence-electron chi connectivity index (χ1n) is 9.75. The van der Waals surface area contributed by atoms with Gasteiger partial charge in [-0.15, -0.1) is 0 Å². The molecule has 1 aliphatic heterocycles. The van der Waals surface area contributed by atoms with Crippen molar-refractivity contribution in [3.8, 4) is 0 Å². The van der Waals surface area contributed by atoms with E-state index in [-0.39, 0.29) is 16.8 Å². The van der Waals surface area contributed by atoms with Gasteiger partial charge in [0.15, 0.2) is 5.78 Å². The summed E-state index contributed by atoms with van der Waals surface area (Å²) in [5.41, 5.74) is 2.62. The van der Waals surface area contributed by atoms with E-state index < -0.39 is 5.60 Å². The van der Waals surface area contributed by atoms with Crippen molar-refractivity contribution in [2.45, 2.75) is 64.4 Å². The number of hydrogen-bond acceptors (Lipinski definition) is 3. The molecule has 2 saturated carbocycles. The maximum absolute atomic E-state index is 11.9.